The van der Waals surface area contributed by atoms with E-state index < -0.39 is 28.6 Å². The normalized spacial score (nSPS) is 11.0. The van der Waals surface area contributed by atoms with Crippen molar-refractivity contribution < 1.29 is 32.2 Å². The Morgan fingerprint density at radius 1 is 1.16 bits per heavy atom. The summed E-state index contributed by atoms with van der Waals surface area (Å²) in [5.41, 5.74) is 0.180. The molecule has 8 nitrogen and oxygen atoms in total. The number of ether oxygens (including phenoxy) is 3. The number of halogens is 1. The molecule has 0 atom stereocenters. The molecule has 2 aromatic rings. The first-order valence-electron chi connectivity index (χ1n) is 9.54. The lowest BCUT2D eigenvalue weighted by Crippen LogP contribution is -2.31. The van der Waals surface area contributed by atoms with Crippen LogP contribution in [0.15, 0.2) is 60.0 Å². The van der Waals surface area contributed by atoms with Crippen molar-refractivity contribution in [2.24, 2.45) is 0 Å². The van der Waals surface area contributed by atoms with Gasteiger partial charge in [-0.05, 0) is 56.3 Å². The van der Waals surface area contributed by atoms with Crippen molar-refractivity contribution in [3.05, 3.63) is 65.7 Å². The maximum atomic E-state index is 13.3. The lowest BCUT2D eigenvalue weighted by molar-refractivity contribution is -0.150. The van der Waals surface area contributed by atoms with Crippen molar-refractivity contribution in [2.75, 3.05) is 24.6 Å². The van der Waals surface area contributed by atoms with Gasteiger partial charge in [0.2, 0.25) is 0 Å². The van der Waals surface area contributed by atoms with E-state index in [4.69, 9.17) is 25.8 Å². The summed E-state index contributed by atoms with van der Waals surface area (Å²) in [5.74, 6) is -1.12. The Morgan fingerprint density at radius 2 is 1.81 bits per heavy atom. The van der Waals surface area contributed by atoms with Gasteiger partial charge in [-0.25, -0.2) is 18.0 Å². The van der Waals surface area contributed by atoms with E-state index in [0.717, 1.165) is 10.4 Å². The van der Waals surface area contributed by atoms with Gasteiger partial charge < -0.3 is 14.2 Å². The number of esters is 2. The van der Waals surface area contributed by atoms with Crippen molar-refractivity contribution in [1.29, 1.82) is 0 Å². The molecule has 0 spiro atoms. The van der Waals surface area contributed by atoms with E-state index in [1.165, 1.54) is 25.3 Å². The molecule has 0 radical (unpaired) electrons. The number of nitrogens with zero attached hydrogens (tertiary/aromatic N) is 1. The molecule has 2 rings (SSSR count). The van der Waals surface area contributed by atoms with Crippen LogP contribution in [0.2, 0.25) is 5.02 Å². The fraction of sp³-hybridized carbons (Fsp3) is 0.273. The molecule has 0 aliphatic rings. The van der Waals surface area contributed by atoms with Gasteiger partial charge >= 0.3 is 11.9 Å². The number of rotatable bonds is 10. The molecule has 2 aromatic carbocycles. The van der Waals surface area contributed by atoms with Crippen molar-refractivity contribution in [1.82, 2.24) is 0 Å². The topological polar surface area (TPSA) is 99.2 Å². The van der Waals surface area contributed by atoms with Crippen LogP contribution in [-0.4, -0.2) is 46.7 Å². The third-order valence-corrected chi connectivity index (χ3v) is 6.21. The molecule has 0 heterocycles. The van der Waals surface area contributed by atoms with E-state index in [-0.39, 0.29) is 28.1 Å². The average Bonchev–Trinajstić information content (AvgIpc) is 2.75. The predicted molar refractivity (Wildman–Crippen MR) is 121 cm³/mol. The summed E-state index contributed by atoms with van der Waals surface area (Å²) < 4.78 is 42.7. The number of hydrogen-bond acceptors (Lipinski definition) is 7. The predicted octanol–water partition coefficient (Wildman–Crippen LogP) is 3.84. The largest absolute Gasteiger partial charge is 0.497 e. The summed E-state index contributed by atoms with van der Waals surface area (Å²) in [6, 6.07) is 10.1. The Hall–Kier alpha value is -3.04. The van der Waals surface area contributed by atoms with Gasteiger partial charge in [-0.15, -0.1) is 6.58 Å². The molecule has 0 aliphatic carbocycles. The third-order valence-electron chi connectivity index (χ3n) is 4.09. The highest BCUT2D eigenvalue weighted by molar-refractivity contribution is 7.92. The van der Waals surface area contributed by atoms with Crippen LogP contribution in [0.1, 0.15) is 24.2 Å². The first-order chi connectivity index (χ1) is 15.1. The maximum absolute atomic E-state index is 13.3. The summed E-state index contributed by atoms with van der Waals surface area (Å²) in [6.45, 7) is 6.29. The zero-order valence-corrected chi connectivity index (χ0v) is 19.5. The quantitative estimate of drug-likeness (QED) is 0.375. The molecule has 0 fully saturated rings. The summed E-state index contributed by atoms with van der Waals surface area (Å²) in [5, 5.41) is -0.0223. The summed E-state index contributed by atoms with van der Waals surface area (Å²) in [6.07, 6.45) is 1.07. The van der Waals surface area contributed by atoms with Gasteiger partial charge in [0.05, 0.1) is 40.9 Å². The molecule has 0 N–H and O–H groups in total. The molecule has 0 aromatic heterocycles. The lowest BCUT2D eigenvalue weighted by Gasteiger charge is -2.23. The van der Waals surface area contributed by atoms with E-state index in [9.17, 15) is 18.0 Å². The van der Waals surface area contributed by atoms with Gasteiger partial charge in [0.1, 0.15) is 5.75 Å². The van der Waals surface area contributed by atoms with Gasteiger partial charge in [0.15, 0.2) is 6.61 Å². The summed E-state index contributed by atoms with van der Waals surface area (Å²) >= 11 is 6.08. The monoisotopic (exact) mass is 481 g/mol. The fourth-order valence-electron chi connectivity index (χ4n) is 2.66. The molecule has 32 heavy (non-hydrogen) atoms. The number of sulfonamides is 1. The highest BCUT2D eigenvalue weighted by Gasteiger charge is 2.26. The number of methoxy groups -OCH3 is 1. The van der Waals surface area contributed by atoms with E-state index >= 15 is 0 Å². The molecule has 0 unspecified atom stereocenters. The number of benzene rings is 2. The molecular weight excluding hydrogens is 458 g/mol. The fourth-order valence-corrected chi connectivity index (χ4v) is 4.31. The van der Waals surface area contributed by atoms with Gasteiger partial charge in [0.25, 0.3) is 10.0 Å². The van der Waals surface area contributed by atoms with Gasteiger partial charge in [-0.1, -0.05) is 17.7 Å². The molecule has 10 heteroatoms. The highest BCUT2D eigenvalue weighted by Crippen LogP contribution is 2.28. The second kappa shape index (κ2) is 11.0. The first-order valence-corrected chi connectivity index (χ1v) is 11.4. The number of anilines is 1. The first kappa shape index (κ1) is 25.2. The van der Waals surface area contributed by atoms with E-state index in [1.54, 1.807) is 38.1 Å². The molecular formula is C22H24ClNO7S. The molecule has 0 saturated carbocycles. The number of hydrogen-bond donors (Lipinski definition) is 0. The van der Waals surface area contributed by atoms with Crippen LogP contribution in [0.25, 0.3) is 0 Å². The van der Waals surface area contributed by atoms with Crippen molar-refractivity contribution >= 4 is 39.3 Å². The average molecular weight is 482 g/mol. The second-order valence-electron chi connectivity index (χ2n) is 6.78. The van der Waals surface area contributed by atoms with Crippen LogP contribution in [0, 0.1) is 0 Å². The van der Waals surface area contributed by atoms with Gasteiger partial charge in [-0.2, -0.15) is 0 Å². The van der Waals surface area contributed by atoms with E-state index in [2.05, 4.69) is 6.58 Å². The van der Waals surface area contributed by atoms with E-state index in [1.807, 2.05) is 0 Å². The van der Waals surface area contributed by atoms with Crippen LogP contribution in [0.4, 0.5) is 5.69 Å². The minimum absolute atomic E-state index is 0.0158. The van der Waals surface area contributed by atoms with Crippen LogP contribution in [0.5, 0.6) is 5.75 Å². The van der Waals surface area contributed by atoms with Crippen LogP contribution in [-0.2, 0) is 24.3 Å². The van der Waals surface area contributed by atoms with Crippen molar-refractivity contribution in [3.63, 3.8) is 0 Å². The maximum Gasteiger partial charge on any atom is 0.344 e. The second-order valence-corrected chi connectivity index (χ2v) is 9.05. The zero-order valence-electron chi connectivity index (χ0n) is 17.9. The Morgan fingerprint density at radius 3 is 2.38 bits per heavy atom. The Balaban J connectivity index is 2.34. The summed E-state index contributed by atoms with van der Waals surface area (Å²) in [4.78, 5) is 23.8. The van der Waals surface area contributed by atoms with Crippen LogP contribution >= 0.6 is 11.6 Å². The Labute approximate surface area is 192 Å². The minimum atomic E-state index is -4.09. The van der Waals surface area contributed by atoms with Crippen LogP contribution < -0.4 is 9.04 Å². The lowest BCUT2D eigenvalue weighted by atomic mass is 10.2. The minimum Gasteiger partial charge on any atom is -0.497 e. The van der Waals surface area contributed by atoms with E-state index in [0.29, 0.717) is 11.4 Å². The molecule has 0 aliphatic heterocycles. The SMILES string of the molecule is C=CCN(c1ccc(OC)cc1)S(=O)(=O)c1ccc(Cl)c(C(=O)OCC(=O)OC(C)C)c1. The zero-order chi connectivity index (χ0) is 23.9. The number of carbonyl (C=O) groups is 2. The van der Waals surface area contributed by atoms with Gasteiger partial charge in [0, 0.05) is 0 Å². The summed E-state index contributed by atoms with van der Waals surface area (Å²) in [7, 11) is -2.59. The Bertz CT molecular complexity index is 1080. The third kappa shape index (κ3) is 6.24. The van der Waals surface area contributed by atoms with Gasteiger partial charge in [-0.3, -0.25) is 4.31 Å². The highest BCUT2D eigenvalue weighted by atomic mass is 35.5. The molecule has 0 saturated heterocycles. The van der Waals surface area contributed by atoms with Crippen molar-refractivity contribution in [3.8, 4) is 5.75 Å². The van der Waals surface area contributed by atoms with Crippen LogP contribution in [0.3, 0.4) is 0 Å². The van der Waals surface area contributed by atoms with Crippen molar-refractivity contribution in [2.45, 2.75) is 24.8 Å². The standard InChI is InChI=1S/C22H24ClNO7S/c1-5-12-24(16-6-8-17(29-4)9-7-16)32(27,28)18-10-11-20(23)19(13-18)22(26)30-14-21(25)31-15(2)3/h5-11,13,15H,1,12,14H2,2-4H3. The molecule has 0 bridgehead atoms. The number of carbonyl (C=O) groups excluding carboxylic acids is 2. The smallest absolute Gasteiger partial charge is 0.344 e. The molecule has 172 valence electrons. The Kier molecular flexibility index (Phi) is 8.68. The molecule has 0 amide bonds.